The first-order valence-electron chi connectivity index (χ1n) is 11.1. The molecule has 1 amide bonds. The smallest absolute Gasteiger partial charge is 0.416 e. The van der Waals surface area contributed by atoms with Crippen LogP contribution < -0.4 is 14.8 Å². The van der Waals surface area contributed by atoms with Crippen LogP contribution in [0.3, 0.4) is 0 Å². The molecule has 0 spiro atoms. The van der Waals surface area contributed by atoms with Gasteiger partial charge < -0.3 is 14.8 Å². The number of thiazole rings is 1. The van der Waals surface area contributed by atoms with E-state index in [-0.39, 0.29) is 12.5 Å². The molecule has 1 aromatic heterocycles. The lowest BCUT2D eigenvalue weighted by molar-refractivity contribution is -0.137. The highest BCUT2D eigenvalue weighted by Gasteiger charge is 2.29. The summed E-state index contributed by atoms with van der Waals surface area (Å²) in [5, 5.41) is 5.25. The minimum Gasteiger partial charge on any atom is -0.497 e. The van der Waals surface area contributed by atoms with Crippen LogP contribution >= 0.6 is 11.3 Å². The zero-order valence-electron chi connectivity index (χ0n) is 19.3. The number of hydrogen-bond donors (Lipinski definition) is 1. The Kier molecular flexibility index (Phi) is 7.90. The van der Waals surface area contributed by atoms with E-state index in [1.54, 1.807) is 30.7 Å². The summed E-state index contributed by atoms with van der Waals surface area (Å²) >= 11 is 1.34. The number of benzene rings is 3. The van der Waals surface area contributed by atoms with Gasteiger partial charge in [-0.25, -0.2) is 4.98 Å². The van der Waals surface area contributed by atoms with Crippen molar-refractivity contribution < 1.29 is 27.4 Å². The van der Waals surface area contributed by atoms with Crippen LogP contribution in [0.25, 0.3) is 10.6 Å². The molecule has 0 aliphatic rings. The Morgan fingerprint density at radius 1 is 0.972 bits per heavy atom. The summed E-state index contributed by atoms with van der Waals surface area (Å²) in [5.74, 6) is 1.08. The Morgan fingerprint density at radius 3 is 2.39 bits per heavy atom. The number of hydrogen-bond acceptors (Lipinski definition) is 5. The van der Waals surface area contributed by atoms with Gasteiger partial charge in [0.25, 0.3) is 5.91 Å². The fourth-order valence-electron chi connectivity index (χ4n) is 3.39. The first-order valence-corrected chi connectivity index (χ1v) is 12.0. The molecule has 0 radical (unpaired) electrons. The molecule has 0 saturated carbocycles. The van der Waals surface area contributed by atoms with Gasteiger partial charge >= 0.3 is 6.18 Å². The number of halogens is 3. The number of alkyl halides is 3. The topological polar surface area (TPSA) is 60.5 Å². The molecule has 0 aliphatic carbocycles. The van der Waals surface area contributed by atoms with Crippen molar-refractivity contribution in [3.8, 4) is 22.1 Å². The van der Waals surface area contributed by atoms with Crippen molar-refractivity contribution >= 4 is 17.2 Å². The molecule has 3 aromatic carbocycles. The van der Waals surface area contributed by atoms with Gasteiger partial charge in [0.1, 0.15) is 28.8 Å². The standard InChI is InChI=1S/C27H23F3N2O3S/c1-34-22-11-7-18(8-12-22)13-14-31-25(33)24-17-36-26(32-24)20-3-2-4-23(15-20)35-16-19-5-9-21(10-6-19)27(28,29)30/h2-12,15,17H,13-14,16H2,1H3,(H,31,33). The number of aromatic nitrogens is 1. The minimum atomic E-state index is -4.37. The number of carbonyl (C=O) groups is 1. The van der Waals surface area contributed by atoms with Gasteiger partial charge in [0.05, 0.1) is 12.7 Å². The molecule has 9 heteroatoms. The van der Waals surface area contributed by atoms with Gasteiger partial charge in [-0.05, 0) is 53.9 Å². The van der Waals surface area contributed by atoms with Crippen LogP contribution in [-0.2, 0) is 19.2 Å². The fourth-order valence-corrected chi connectivity index (χ4v) is 4.19. The van der Waals surface area contributed by atoms with Crippen LogP contribution in [-0.4, -0.2) is 24.5 Å². The number of rotatable bonds is 9. The molecule has 0 bridgehead atoms. The van der Waals surface area contributed by atoms with E-state index in [4.69, 9.17) is 9.47 Å². The number of ether oxygens (including phenoxy) is 2. The van der Waals surface area contributed by atoms with E-state index in [2.05, 4.69) is 10.3 Å². The highest BCUT2D eigenvalue weighted by molar-refractivity contribution is 7.13. The average molecular weight is 513 g/mol. The highest BCUT2D eigenvalue weighted by atomic mass is 32.1. The normalized spacial score (nSPS) is 11.2. The number of carbonyl (C=O) groups excluding carboxylic acids is 1. The number of nitrogens with zero attached hydrogens (tertiary/aromatic N) is 1. The fraction of sp³-hybridized carbons (Fsp3) is 0.185. The number of amides is 1. The second-order valence-electron chi connectivity index (χ2n) is 7.90. The van der Waals surface area contributed by atoms with E-state index >= 15 is 0 Å². The van der Waals surface area contributed by atoms with E-state index in [0.717, 1.165) is 29.0 Å². The molecule has 4 rings (SSSR count). The van der Waals surface area contributed by atoms with Gasteiger partial charge in [-0.3, -0.25) is 4.79 Å². The van der Waals surface area contributed by atoms with Crippen LogP contribution in [0.4, 0.5) is 13.2 Å². The Hall–Kier alpha value is -3.85. The van der Waals surface area contributed by atoms with Gasteiger partial charge in [0.2, 0.25) is 0 Å². The third kappa shape index (κ3) is 6.63. The van der Waals surface area contributed by atoms with Crippen LogP contribution in [0.1, 0.15) is 27.2 Å². The second kappa shape index (κ2) is 11.3. The third-order valence-electron chi connectivity index (χ3n) is 5.36. The summed E-state index contributed by atoms with van der Waals surface area (Å²) in [6, 6.07) is 19.7. The first-order chi connectivity index (χ1) is 17.3. The second-order valence-corrected chi connectivity index (χ2v) is 8.76. The molecule has 4 aromatic rings. The molecule has 0 unspecified atom stereocenters. The van der Waals surface area contributed by atoms with Crippen molar-refractivity contribution in [1.82, 2.24) is 10.3 Å². The van der Waals surface area contributed by atoms with Gasteiger partial charge in [0, 0.05) is 17.5 Å². The van der Waals surface area contributed by atoms with Crippen molar-refractivity contribution in [2.75, 3.05) is 13.7 Å². The van der Waals surface area contributed by atoms with E-state index in [9.17, 15) is 18.0 Å². The molecule has 36 heavy (non-hydrogen) atoms. The zero-order valence-corrected chi connectivity index (χ0v) is 20.2. The maximum atomic E-state index is 12.7. The van der Waals surface area contributed by atoms with E-state index in [1.165, 1.54) is 23.5 Å². The van der Waals surface area contributed by atoms with Crippen molar-refractivity contribution in [3.63, 3.8) is 0 Å². The summed E-state index contributed by atoms with van der Waals surface area (Å²) in [4.78, 5) is 17.0. The summed E-state index contributed by atoms with van der Waals surface area (Å²) < 4.78 is 49.1. The molecule has 186 valence electrons. The van der Waals surface area contributed by atoms with Crippen LogP contribution in [0, 0.1) is 0 Å². The van der Waals surface area contributed by atoms with E-state index in [0.29, 0.717) is 35.0 Å². The minimum absolute atomic E-state index is 0.126. The Bertz CT molecular complexity index is 1300. The average Bonchev–Trinajstić information content (AvgIpc) is 3.38. The third-order valence-corrected chi connectivity index (χ3v) is 6.25. The van der Waals surface area contributed by atoms with Crippen LogP contribution in [0.15, 0.2) is 78.2 Å². The summed E-state index contributed by atoms with van der Waals surface area (Å²) in [5.41, 5.74) is 2.13. The molecule has 1 heterocycles. The van der Waals surface area contributed by atoms with Crippen molar-refractivity contribution in [2.45, 2.75) is 19.2 Å². The predicted molar refractivity (Wildman–Crippen MR) is 132 cm³/mol. The summed E-state index contributed by atoms with van der Waals surface area (Å²) in [6.07, 6.45) is -3.68. The molecule has 0 saturated heterocycles. The zero-order chi connectivity index (χ0) is 25.5. The molecule has 0 atom stereocenters. The first kappa shape index (κ1) is 25.2. The molecule has 0 fully saturated rings. The molecule has 0 aliphatic heterocycles. The Balaban J connectivity index is 1.32. The van der Waals surface area contributed by atoms with Crippen molar-refractivity contribution in [1.29, 1.82) is 0 Å². The quantitative estimate of drug-likeness (QED) is 0.282. The summed E-state index contributed by atoms with van der Waals surface area (Å²) in [6.45, 7) is 0.604. The lowest BCUT2D eigenvalue weighted by atomic mass is 10.1. The lowest BCUT2D eigenvalue weighted by Gasteiger charge is -2.09. The SMILES string of the molecule is COc1ccc(CCNC(=O)c2csc(-c3cccc(OCc4ccc(C(F)(F)F)cc4)c3)n2)cc1. The number of nitrogens with one attached hydrogen (secondary N) is 1. The van der Waals surface area contributed by atoms with Gasteiger partial charge in [-0.2, -0.15) is 13.2 Å². The highest BCUT2D eigenvalue weighted by Crippen LogP contribution is 2.30. The van der Waals surface area contributed by atoms with Gasteiger partial charge in [-0.15, -0.1) is 11.3 Å². The predicted octanol–water partition coefficient (Wildman–Crippen LogP) is 6.39. The number of methoxy groups -OCH3 is 1. The molecular formula is C27H23F3N2O3S. The van der Waals surface area contributed by atoms with Crippen molar-refractivity contribution in [3.05, 3.63) is 101 Å². The van der Waals surface area contributed by atoms with E-state index in [1.807, 2.05) is 30.3 Å². The van der Waals surface area contributed by atoms with Crippen LogP contribution in [0.5, 0.6) is 11.5 Å². The molecule has 5 nitrogen and oxygen atoms in total. The lowest BCUT2D eigenvalue weighted by Crippen LogP contribution is -2.25. The van der Waals surface area contributed by atoms with Crippen LogP contribution in [0.2, 0.25) is 0 Å². The monoisotopic (exact) mass is 512 g/mol. The maximum Gasteiger partial charge on any atom is 0.416 e. The summed E-state index contributed by atoms with van der Waals surface area (Å²) in [7, 11) is 1.62. The molecule has 1 N–H and O–H groups in total. The largest absolute Gasteiger partial charge is 0.497 e. The maximum absolute atomic E-state index is 12.7. The van der Waals surface area contributed by atoms with Gasteiger partial charge in [0.15, 0.2) is 0 Å². The Morgan fingerprint density at radius 2 is 1.69 bits per heavy atom. The Labute approximate surface area is 210 Å². The molecular weight excluding hydrogens is 489 g/mol. The van der Waals surface area contributed by atoms with E-state index < -0.39 is 11.7 Å². The van der Waals surface area contributed by atoms with Gasteiger partial charge in [-0.1, -0.05) is 36.4 Å². The van der Waals surface area contributed by atoms with Crippen molar-refractivity contribution in [2.24, 2.45) is 0 Å².